The molecule has 0 aromatic carbocycles. The Morgan fingerprint density at radius 2 is 2.27 bits per heavy atom. The van der Waals surface area contributed by atoms with Crippen LogP contribution in [0.2, 0.25) is 0 Å². The van der Waals surface area contributed by atoms with Crippen LogP contribution in [0.3, 0.4) is 0 Å². The average molecular weight is 148 g/mol. The normalized spacial score (nSPS) is 25.2. The molecule has 0 amide bonds. The van der Waals surface area contributed by atoms with Crippen LogP contribution in [0.1, 0.15) is 27.2 Å². The van der Waals surface area contributed by atoms with Gasteiger partial charge in [0, 0.05) is 0 Å². The first-order valence-electron chi connectivity index (χ1n) is 4.25. The lowest BCUT2D eigenvalue weighted by molar-refractivity contribution is 0.681. The summed E-state index contributed by atoms with van der Waals surface area (Å²) in [5.41, 5.74) is 2.91. The Balaban J connectivity index is 2.89. The van der Waals surface area contributed by atoms with Crippen molar-refractivity contribution in [2.75, 3.05) is 0 Å². The summed E-state index contributed by atoms with van der Waals surface area (Å²) >= 11 is 0. The van der Waals surface area contributed by atoms with E-state index in [-0.39, 0.29) is 0 Å². The van der Waals surface area contributed by atoms with Gasteiger partial charge >= 0.3 is 0 Å². The van der Waals surface area contributed by atoms with Crippen LogP contribution in [0.15, 0.2) is 35.5 Å². The minimum absolute atomic E-state index is 0.728. The fraction of sp³-hybridized carbons (Fsp3) is 0.455. The Morgan fingerprint density at radius 1 is 1.55 bits per heavy atom. The number of hydrogen-bond acceptors (Lipinski definition) is 0. The molecule has 11 heavy (non-hydrogen) atoms. The summed E-state index contributed by atoms with van der Waals surface area (Å²) in [5, 5.41) is 0. The molecule has 60 valence electrons. The third kappa shape index (κ3) is 1.83. The highest BCUT2D eigenvalue weighted by Gasteiger charge is 2.08. The van der Waals surface area contributed by atoms with E-state index in [4.69, 9.17) is 0 Å². The molecule has 0 saturated heterocycles. The molecular weight excluding hydrogens is 132 g/mol. The van der Waals surface area contributed by atoms with Crippen molar-refractivity contribution in [1.82, 2.24) is 0 Å². The van der Waals surface area contributed by atoms with Gasteiger partial charge in [-0.05, 0) is 31.8 Å². The summed E-state index contributed by atoms with van der Waals surface area (Å²) < 4.78 is 0. The van der Waals surface area contributed by atoms with Crippen molar-refractivity contribution < 1.29 is 0 Å². The molecule has 0 radical (unpaired) electrons. The third-order valence-corrected chi connectivity index (χ3v) is 2.33. The molecule has 0 aromatic rings. The zero-order valence-electron chi connectivity index (χ0n) is 7.59. The molecule has 1 atom stereocenters. The van der Waals surface area contributed by atoms with Crippen molar-refractivity contribution in [1.29, 1.82) is 0 Å². The van der Waals surface area contributed by atoms with Gasteiger partial charge in [-0.2, -0.15) is 0 Å². The predicted octanol–water partition coefficient (Wildman–Crippen LogP) is 3.48. The summed E-state index contributed by atoms with van der Waals surface area (Å²) in [6.07, 6.45) is 9.96. The lowest BCUT2D eigenvalue weighted by Crippen LogP contribution is -2.01. The largest absolute Gasteiger partial charge is 0.0871 e. The van der Waals surface area contributed by atoms with Crippen molar-refractivity contribution >= 4 is 0 Å². The topological polar surface area (TPSA) is 0 Å². The maximum absolute atomic E-state index is 2.28. The quantitative estimate of drug-likeness (QED) is 0.534. The highest BCUT2D eigenvalue weighted by Crippen LogP contribution is 2.24. The Kier molecular flexibility index (Phi) is 2.70. The molecule has 1 aliphatic rings. The number of rotatable bonds is 1. The molecule has 0 saturated carbocycles. The Labute approximate surface area is 69.3 Å². The second-order valence-electron chi connectivity index (χ2n) is 3.18. The smallest absolute Gasteiger partial charge is 0.0191 e. The monoisotopic (exact) mass is 148 g/mol. The summed E-state index contributed by atoms with van der Waals surface area (Å²) in [4.78, 5) is 0. The highest BCUT2D eigenvalue weighted by atomic mass is 14.1. The molecular formula is C11H16. The average Bonchev–Trinajstić information content (AvgIpc) is 1.99. The number of allylic oxidation sites excluding steroid dienone is 6. The van der Waals surface area contributed by atoms with Gasteiger partial charge in [0.2, 0.25) is 0 Å². The molecule has 0 bridgehead atoms. The molecule has 1 aliphatic carbocycles. The maximum atomic E-state index is 2.28. The van der Waals surface area contributed by atoms with Crippen molar-refractivity contribution in [3.63, 3.8) is 0 Å². The van der Waals surface area contributed by atoms with E-state index < -0.39 is 0 Å². The lowest BCUT2D eigenvalue weighted by atomic mass is 9.89. The van der Waals surface area contributed by atoms with Gasteiger partial charge in [0.15, 0.2) is 0 Å². The summed E-state index contributed by atoms with van der Waals surface area (Å²) in [7, 11) is 0. The van der Waals surface area contributed by atoms with Crippen LogP contribution in [0.25, 0.3) is 0 Å². The molecule has 0 fully saturated rings. The zero-order chi connectivity index (χ0) is 8.27. The summed E-state index contributed by atoms with van der Waals surface area (Å²) in [5.74, 6) is 0.728. The van der Waals surface area contributed by atoms with Gasteiger partial charge in [-0.25, -0.2) is 0 Å². The van der Waals surface area contributed by atoms with Crippen LogP contribution in [0.4, 0.5) is 0 Å². The van der Waals surface area contributed by atoms with Gasteiger partial charge < -0.3 is 0 Å². The molecule has 0 nitrogen and oxygen atoms in total. The Hall–Kier alpha value is -0.780. The zero-order valence-corrected chi connectivity index (χ0v) is 7.59. The van der Waals surface area contributed by atoms with Gasteiger partial charge in [-0.15, -0.1) is 0 Å². The summed E-state index contributed by atoms with van der Waals surface area (Å²) in [6.45, 7) is 6.57. The summed E-state index contributed by atoms with van der Waals surface area (Å²) in [6, 6.07) is 0. The number of hydrogen-bond donors (Lipinski definition) is 0. The van der Waals surface area contributed by atoms with Crippen molar-refractivity contribution in [2.24, 2.45) is 5.92 Å². The molecule has 0 heteroatoms. The molecule has 0 aromatic heterocycles. The van der Waals surface area contributed by atoms with Gasteiger partial charge in [0.1, 0.15) is 0 Å². The van der Waals surface area contributed by atoms with Crippen molar-refractivity contribution in [2.45, 2.75) is 27.2 Å². The van der Waals surface area contributed by atoms with E-state index in [0.29, 0.717) is 0 Å². The van der Waals surface area contributed by atoms with Gasteiger partial charge in [-0.1, -0.05) is 36.8 Å². The van der Waals surface area contributed by atoms with E-state index in [0.717, 1.165) is 5.92 Å². The fourth-order valence-corrected chi connectivity index (χ4v) is 1.36. The lowest BCUT2D eigenvalue weighted by Gasteiger charge is -2.16. The molecule has 0 heterocycles. The van der Waals surface area contributed by atoms with Crippen LogP contribution in [0.5, 0.6) is 0 Å². The minimum atomic E-state index is 0.728. The molecule has 1 rings (SSSR count). The Bertz CT molecular complexity index is 212. The minimum Gasteiger partial charge on any atom is -0.0871 e. The third-order valence-electron chi connectivity index (χ3n) is 2.33. The van der Waals surface area contributed by atoms with Gasteiger partial charge in [0.05, 0.1) is 0 Å². The maximum Gasteiger partial charge on any atom is -0.0191 e. The van der Waals surface area contributed by atoms with Crippen molar-refractivity contribution in [3.8, 4) is 0 Å². The first-order valence-corrected chi connectivity index (χ1v) is 4.25. The van der Waals surface area contributed by atoms with Crippen LogP contribution in [-0.2, 0) is 0 Å². The highest BCUT2D eigenvalue weighted by molar-refractivity contribution is 5.38. The Morgan fingerprint density at radius 3 is 2.91 bits per heavy atom. The second-order valence-corrected chi connectivity index (χ2v) is 3.18. The van der Waals surface area contributed by atoms with E-state index in [1.807, 2.05) is 0 Å². The van der Waals surface area contributed by atoms with E-state index in [1.54, 1.807) is 0 Å². The van der Waals surface area contributed by atoms with Crippen molar-refractivity contribution in [3.05, 3.63) is 35.5 Å². The van der Waals surface area contributed by atoms with Crippen LogP contribution in [-0.4, -0.2) is 0 Å². The standard InChI is InChI=1S/C11H16/c1-4-6-11-8-5-7-9(2)10(11)3/h4-6,8-9H,7H2,1-3H3/b6-4-. The SMILES string of the molecule is C/C=C\C1=C(C)C(C)CC=C1. The molecule has 0 spiro atoms. The fourth-order valence-electron chi connectivity index (χ4n) is 1.36. The second kappa shape index (κ2) is 3.56. The molecule has 1 unspecified atom stereocenters. The first-order chi connectivity index (χ1) is 5.25. The van der Waals surface area contributed by atoms with E-state index in [2.05, 4.69) is 45.1 Å². The van der Waals surface area contributed by atoms with Gasteiger partial charge in [0.25, 0.3) is 0 Å². The molecule has 0 N–H and O–H groups in total. The van der Waals surface area contributed by atoms with Crippen LogP contribution in [0, 0.1) is 5.92 Å². The van der Waals surface area contributed by atoms with E-state index in [9.17, 15) is 0 Å². The van der Waals surface area contributed by atoms with E-state index in [1.165, 1.54) is 17.6 Å². The van der Waals surface area contributed by atoms with Gasteiger partial charge in [-0.3, -0.25) is 0 Å². The van der Waals surface area contributed by atoms with E-state index >= 15 is 0 Å². The van der Waals surface area contributed by atoms with Crippen LogP contribution < -0.4 is 0 Å². The van der Waals surface area contributed by atoms with Crippen LogP contribution >= 0.6 is 0 Å². The first kappa shape index (κ1) is 8.32. The molecule has 0 aliphatic heterocycles. The predicted molar refractivity (Wildman–Crippen MR) is 50.4 cm³/mol.